The smallest absolute Gasteiger partial charge is 0.242 e. The molecule has 1 atom stereocenters. The number of ether oxygens (including phenoxy) is 3. The standard InChI is InChI=1S/C23H28N2O5/c1-4-5-22(26)25(14-17-6-9-19(28-3)10-7-17)16(2)23(27)24-13-18-8-11-20-21(12-18)30-15-29-20/h6-12,16H,4-5,13-15H2,1-3H3,(H,24,27). The van der Waals surface area contributed by atoms with Crippen molar-refractivity contribution < 1.29 is 23.8 Å². The molecule has 0 aliphatic carbocycles. The minimum absolute atomic E-state index is 0.0425. The maximum Gasteiger partial charge on any atom is 0.242 e. The highest BCUT2D eigenvalue weighted by Crippen LogP contribution is 2.32. The van der Waals surface area contributed by atoms with Gasteiger partial charge in [0, 0.05) is 19.5 Å². The van der Waals surface area contributed by atoms with Gasteiger partial charge in [-0.3, -0.25) is 9.59 Å². The van der Waals surface area contributed by atoms with Crippen molar-refractivity contribution in [1.82, 2.24) is 10.2 Å². The molecule has 0 radical (unpaired) electrons. The normalized spacial score (nSPS) is 12.9. The molecule has 1 aliphatic heterocycles. The summed E-state index contributed by atoms with van der Waals surface area (Å²) in [4.78, 5) is 27.1. The van der Waals surface area contributed by atoms with E-state index in [-0.39, 0.29) is 18.6 Å². The van der Waals surface area contributed by atoms with Crippen molar-refractivity contribution in [1.29, 1.82) is 0 Å². The molecule has 1 N–H and O–H groups in total. The minimum atomic E-state index is -0.597. The van der Waals surface area contributed by atoms with Gasteiger partial charge in [-0.15, -0.1) is 0 Å². The lowest BCUT2D eigenvalue weighted by molar-refractivity contribution is -0.140. The van der Waals surface area contributed by atoms with Gasteiger partial charge in [0.15, 0.2) is 11.5 Å². The molecule has 7 nitrogen and oxygen atoms in total. The molecule has 1 unspecified atom stereocenters. The van der Waals surface area contributed by atoms with Crippen molar-refractivity contribution in [2.24, 2.45) is 0 Å². The molecule has 7 heteroatoms. The second-order valence-electron chi connectivity index (χ2n) is 7.20. The van der Waals surface area contributed by atoms with Crippen molar-refractivity contribution >= 4 is 11.8 Å². The van der Waals surface area contributed by atoms with Crippen LogP contribution in [0.25, 0.3) is 0 Å². The molecule has 2 aromatic carbocycles. The Labute approximate surface area is 176 Å². The molecule has 30 heavy (non-hydrogen) atoms. The summed E-state index contributed by atoms with van der Waals surface area (Å²) in [6.07, 6.45) is 1.12. The number of rotatable bonds is 9. The van der Waals surface area contributed by atoms with Gasteiger partial charge in [0.25, 0.3) is 0 Å². The number of hydrogen-bond donors (Lipinski definition) is 1. The molecule has 0 spiro atoms. The molecule has 0 saturated carbocycles. The molecular weight excluding hydrogens is 384 g/mol. The van der Waals surface area contributed by atoms with Crippen molar-refractivity contribution in [2.75, 3.05) is 13.9 Å². The van der Waals surface area contributed by atoms with Gasteiger partial charge >= 0.3 is 0 Å². The van der Waals surface area contributed by atoms with E-state index >= 15 is 0 Å². The van der Waals surface area contributed by atoms with Gasteiger partial charge in [-0.1, -0.05) is 25.1 Å². The average molecular weight is 412 g/mol. The van der Waals surface area contributed by atoms with Crippen LogP contribution in [0.4, 0.5) is 0 Å². The number of hydrogen-bond acceptors (Lipinski definition) is 5. The molecule has 0 bridgehead atoms. The lowest BCUT2D eigenvalue weighted by atomic mass is 10.1. The Morgan fingerprint density at radius 3 is 2.50 bits per heavy atom. The summed E-state index contributed by atoms with van der Waals surface area (Å²) >= 11 is 0. The Balaban J connectivity index is 1.65. The fourth-order valence-electron chi connectivity index (χ4n) is 3.26. The first-order valence-electron chi connectivity index (χ1n) is 10.1. The van der Waals surface area contributed by atoms with Crippen LogP contribution in [0.2, 0.25) is 0 Å². The van der Waals surface area contributed by atoms with Crippen molar-refractivity contribution in [3.8, 4) is 17.2 Å². The molecule has 0 aromatic heterocycles. The summed E-state index contributed by atoms with van der Waals surface area (Å²) in [5.74, 6) is 1.88. The van der Waals surface area contributed by atoms with E-state index in [1.54, 1.807) is 18.9 Å². The van der Waals surface area contributed by atoms with Crippen LogP contribution in [0.5, 0.6) is 17.2 Å². The summed E-state index contributed by atoms with van der Waals surface area (Å²) in [5.41, 5.74) is 1.84. The van der Waals surface area contributed by atoms with Gasteiger partial charge in [0.1, 0.15) is 11.8 Å². The molecule has 2 aromatic rings. The zero-order valence-corrected chi connectivity index (χ0v) is 17.6. The predicted molar refractivity (Wildman–Crippen MR) is 112 cm³/mol. The van der Waals surface area contributed by atoms with Crippen LogP contribution in [0, 0.1) is 0 Å². The first kappa shape index (κ1) is 21.5. The molecule has 0 saturated heterocycles. The summed E-state index contributed by atoms with van der Waals surface area (Å²) in [5, 5.41) is 2.92. The van der Waals surface area contributed by atoms with E-state index in [9.17, 15) is 9.59 Å². The van der Waals surface area contributed by atoms with Crippen LogP contribution in [0.3, 0.4) is 0 Å². The van der Waals surface area contributed by atoms with E-state index in [1.807, 2.05) is 49.4 Å². The van der Waals surface area contributed by atoms with E-state index in [2.05, 4.69) is 5.32 Å². The van der Waals surface area contributed by atoms with Crippen LogP contribution in [-0.2, 0) is 22.7 Å². The Morgan fingerprint density at radius 2 is 1.80 bits per heavy atom. The lowest BCUT2D eigenvalue weighted by Gasteiger charge is -2.29. The molecule has 1 heterocycles. The molecular formula is C23H28N2O5. The largest absolute Gasteiger partial charge is 0.497 e. The number of nitrogens with zero attached hydrogens (tertiary/aromatic N) is 1. The molecule has 0 fully saturated rings. The highest BCUT2D eigenvalue weighted by atomic mass is 16.7. The van der Waals surface area contributed by atoms with Crippen molar-refractivity contribution in [3.05, 3.63) is 53.6 Å². The van der Waals surface area contributed by atoms with Crippen LogP contribution in [0.1, 0.15) is 37.8 Å². The van der Waals surface area contributed by atoms with Gasteiger partial charge in [-0.2, -0.15) is 0 Å². The number of carbonyl (C=O) groups excluding carboxylic acids is 2. The first-order chi connectivity index (χ1) is 14.5. The van der Waals surface area contributed by atoms with Crippen LogP contribution < -0.4 is 19.5 Å². The second-order valence-corrected chi connectivity index (χ2v) is 7.20. The zero-order chi connectivity index (χ0) is 21.5. The second kappa shape index (κ2) is 10.0. The molecule has 2 amide bonds. The molecule has 3 rings (SSSR count). The Morgan fingerprint density at radius 1 is 1.10 bits per heavy atom. The maximum atomic E-state index is 12.8. The van der Waals surface area contributed by atoms with E-state index in [0.29, 0.717) is 31.0 Å². The fourth-order valence-corrected chi connectivity index (χ4v) is 3.26. The van der Waals surface area contributed by atoms with Crippen LogP contribution in [-0.4, -0.2) is 36.7 Å². The van der Waals surface area contributed by atoms with Crippen LogP contribution >= 0.6 is 0 Å². The summed E-state index contributed by atoms with van der Waals surface area (Å²) < 4.78 is 15.9. The number of nitrogens with one attached hydrogen (secondary N) is 1. The van der Waals surface area contributed by atoms with Gasteiger partial charge in [0.05, 0.1) is 7.11 Å². The summed E-state index contributed by atoms with van der Waals surface area (Å²) in [6.45, 7) is 4.63. The van der Waals surface area contributed by atoms with E-state index in [0.717, 1.165) is 23.3 Å². The highest BCUT2D eigenvalue weighted by molar-refractivity contribution is 5.87. The summed E-state index contributed by atoms with van der Waals surface area (Å²) in [6, 6.07) is 12.5. The van der Waals surface area contributed by atoms with E-state index < -0.39 is 6.04 Å². The average Bonchev–Trinajstić information content (AvgIpc) is 3.23. The Bertz CT molecular complexity index is 882. The number of carbonyl (C=O) groups is 2. The minimum Gasteiger partial charge on any atom is -0.497 e. The highest BCUT2D eigenvalue weighted by Gasteiger charge is 2.25. The summed E-state index contributed by atoms with van der Waals surface area (Å²) in [7, 11) is 1.61. The molecule has 1 aliphatic rings. The van der Waals surface area contributed by atoms with Gasteiger partial charge in [-0.05, 0) is 48.7 Å². The zero-order valence-electron chi connectivity index (χ0n) is 17.6. The third-order valence-electron chi connectivity index (χ3n) is 5.05. The quantitative estimate of drug-likeness (QED) is 0.684. The van der Waals surface area contributed by atoms with Crippen molar-refractivity contribution in [3.63, 3.8) is 0 Å². The number of benzene rings is 2. The van der Waals surface area contributed by atoms with Crippen LogP contribution in [0.15, 0.2) is 42.5 Å². The van der Waals surface area contributed by atoms with Gasteiger partial charge < -0.3 is 24.4 Å². The van der Waals surface area contributed by atoms with Gasteiger partial charge in [-0.25, -0.2) is 0 Å². The monoisotopic (exact) mass is 412 g/mol. The Hall–Kier alpha value is -3.22. The maximum absolute atomic E-state index is 12.8. The lowest BCUT2D eigenvalue weighted by Crippen LogP contribution is -2.47. The Kier molecular flexibility index (Phi) is 7.17. The predicted octanol–water partition coefficient (Wildman–Crippen LogP) is 3.26. The van der Waals surface area contributed by atoms with E-state index in [4.69, 9.17) is 14.2 Å². The number of fused-ring (bicyclic) bond motifs is 1. The number of methoxy groups -OCH3 is 1. The van der Waals surface area contributed by atoms with Crippen molar-refractivity contribution in [2.45, 2.75) is 45.8 Å². The van der Waals surface area contributed by atoms with Gasteiger partial charge in [0.2, 0.25) is 18.6 Å². The van der Waals surface area contributed by atoms with E-state index in [1.165, 1.54) is 0 Å². The first-order valence-corrected chi connectivity index (χ1v) is 10.1. The fraction of sp³-hybridized carbons (Fsp3) is 0.391. The third kappa shape index (κ3) is 5.23. The topological polar surface area (TPSA) is 77.1 Å². The third-order valence-corrected chi connectivity index (χ3v) is 5.05. The number of amides is 2. The SMILES string of the molecule is CCCC(=O)N(Cc1ccc(OC)cc1)C(C)C(=O)NCc1ccc2c(c1)OCO2. The molecule has 160 valence electrons.